The van der Waals surface area contributed by atoms with Gasteiger partial charge >= 0.3 is 0 Å². The molecule has 1 N–H and O–H groups in total. The molecule has 0 heterocycles. The molecule has 114 valence electrons. The van der Waals surface area contributed by atoms with E-state index in [1.807, 2.05) is 13.8 Å². The Morgan fingerprint density at radius 1 is 1.43 bits per heavy atom. The molecule has 0 aromatic heterocycles. The van der Waals surface area contributed by atoms with Gasteiger partial charge in [0.2, 0.25) is 0 Å². The van der Waals surface area contributed by atoms with Crippen LogP contribution in [0.1, 0.15) is 31.1 Å². The van der Waals surface area contributed by atoms with Crippen molar-refractivity contribution >= 4 is 17.9 Å². The average Bonchev–Trinajstić information content (AvgIpc) is 2.44. The summed E-state index contributed by atoms with van der Waals surface area (Å²) in [5.41, 5.74) is -0.172. The zero-order chi connectivity index (χ0) is 16.0. The van der Waals surface area contributed by atoms with Gasteiger partial charge in [-0.05, 0) is 18.9 Å². The fourth-order valence-electron chi connectivity index (χ4n) is 1.54. The van der Waals surface area contributed by atoms with Crippen molar-refractivity contribution in [2.75, 3.05) is 6.54 Å². The molecule has 1 rings (SSSR count). The molecular weight excluding hydrogens is 276 g/mol. The van der Waals surface area contributed by atoms with Crippen LogP contribution in [0.5, 0.6) is 5.75 Å². The summed E-state index contributed by atoms with van der Waals surface area (Å²) in [6, 6.07) is 3.65. The molecule has 0 spiro atoms. The van der Waals surface area contributed by atoms with Crippen LogP contribution in [0.25, 0.3) is 0 Å². The van der Waals surface area contributed by atoms with E-state index in [1.54, 1.807) is 6.92 Å². The van der Waals surface area contributed by atoms with E-state index >= 15 is 0 Å². The number of aldehydes is 1. The SMILES string of the molecule is CC(C)CNC(=O)C(C)Oc1ccc([N+](=O)[O-])cc1C=O. The second kappa shape index (κ2) is 7.37. The van der Waals surface area contributed by atoms with Gasteiger partial charge in [-0.1, -0.05) is 13.8 Å². The summed E-state index contributed by atoms with van der Waals surface area (Å²) in [6.07, 6.45) is -0.343. The van der Waals surface area contributed by atoms with Crippen molar-refractivity contribution < 1.29 is 19.2 Å². The van der Waals surface area contributed by atoms with Gasteiger partial charge in [-0.3, -0.25) is 19.7 Å². The number of carbonyl (C=O) groups is 2. The monoisotopic (exact) mass is 294 g/mol. The number of ether oxygens (including phenoxy) is 1. The molecule has 1 unspecified atom stereocenters. The number of benzene rings is 1. The van der Waals surface area contributed by atoms with Crippen LogP contribution in [0, 0.1) is 16.0 Å². The predicted molar refractivity (Wildman–Crippen MR) is 76.4 cm³/mol. The van der Waals surface area contributed by atoms with Crippen molar-refractivity contribution in [1.29, 1.82) is 0 Å². The van der Waals surface area contributed by atoms with Crippen molar-refractivity contribution in [3.05, 3.63) is 33.9 Å². The standard InChI is InChI=1S/C14H18N2O5/c1-9(2)7-15-14(18)10(3)21-13-5-4-12(16(19)20)6-11(13)8-17/h4-6,8-10H,7H2,1-3H3,(H,15,18). The van der Waals surface area contributed by atoms with E-state index < -0.39 is 11.0 Å². The molecule has 7 heteroatoms. The van der Waals surface area contributed by atoms with Crippen molar-refractivity contribution in [3.63, 3.8) is 0 Å². The first-order valence-corrected chi connectivity index (χ1v) is 6.53. The zero-order valence-electron chi connectivity index (χ0n) is 12.2. The van der Waals surface area contributed by atoms with Crippen molar-refractivity contribution in [2.45, 2.75) is 26.9 Å². The Kier molecular flexibility index (Phi) is 5.83. The van der Waals surface area contributed by atoms with Crippen LogP contribution < -0.4 is 10.1 Å². The molecule has 21 heavy (non-hydrogen) atoms. The van der Waals surface area contributed by atoms with Gasteiger partial charge in [0.1, 0.15) is 5.75 Å². The minimum atomic E-state index is -0.802. The second-order valence-corrected chi connectivity index (χ2v) is 5.00. The summed E-state index contributed by atoms with van der Waals surface area (Å²) in [5, 5.41) is 13.4. The molecule has 1 atom stereocenters. The summed E-state index contributed by atoms with van der Waals surface area (Å²) in [7, 11) is 0. The van der Waals surface area contributed by atoms with E-state index in [-0.39, 0.29) is 22.9 Å². The van der Waals surface area contributed by atoms with Gasteiger partial charge in [0, 0.05) is 18.7 Å². The van der Waals surface area contributed by atoms with Gasteiger partial charge in [-0.2, -0.15) is 0 Å². The van der Waals surface area contributed by atoms with Crippen LogP contribution in [0.2, 0.25) is 0 Å². The van der Waals surface area contributed by atoms with Crippen LogP contribution in [-0.4, -0.2) is 29.8 Å². The first kappa shape index (κ1) is 16.6. The van der Waals surface area contributed by atoms with Crippen LogP contribution in [0.3, 0.4) is 0 Å². The number of non-ortho nitro benzene ring substituents is 1. The predicted octanol–water partition coefficient (Wildman–Crippen LogP) is 1.95. The van der Waals surface area contributed by atoms with Gasteiger partial charge in [0.25, 0.3) is 11.6 Å². The highest BCUT2D eigenvalue weighted by Gasteiger charge is 2.18. The molecule has 7 nitrogen and oxygen atoms in total. The number of nitro groups is 1. The molecule has 0 aliphatic carbocycles. The molecule has 1 aromatic carbocycles. The van der Waals surface area contributed by atoms with E-state index in [1.165, 1.54) is 12.1 Å². The number of hydrogen-bond acceptors (Lipinski definition) is 5. The maximum absolute atomic E-state index is 11.8. The lowest BCUT2D eigenvalue weighted by Crippen LogP contribution is -2.38. The summed E-state index contributed by atoms with van der Waals surface area (Å²) < 4.78 is 5.40. The lowest BCUT2D eigenvalue weighted by Gasteiger charge is -2.16. The third-order valence-corrected chi connectivity index (χ3v) is 2.69. The molecule has 0 fully saturated rings. The van der Waals surface area contributed by atoms with Crippen LogP contribution in [0.15, 0.2) is 18.2 Å². The number of nitrogens with one attached hydrogen (secondary N) is 1. The molecule has 0 saturated carbocycles. The van der Waals surface area contributed by atoms with E-state index in [2.05, 4.69) is 5.32 Å². The van der Waals surface area contributed by atoms with E-state index in [4.69, 9.17) is 4.74 Å². The first-order valence-electron chi connectivity index (χ1n) is 6.53. The highest BCUT2D eigenvalue weighted by molar-refractivity contribution is 5.83. The van der Waals surface area contributed by atoms with Crippen LogP contribution in [-0.2, 0) is 4.79 Å². The maximum Gasteiger partial charge on any atom is 0.270 e. The number of carbonyl (C=O) groups excluding carboxylic acids is 2. The van der Waals surface area contributed by atoms with E-state index in [0.717, 1.165) is 6.07 Å². The quantitative estimate of drug-likeness (QED) is 0.471. The van der Waals surface area contributed by atoms with Crippen molar-refractivity contribution in [3.8, 4) is 5.75 Å². The lowest BCUT2D eigenvalue weighted by atomic mass is 10.2. The van der Waals surface area contributed by atoms with E-state index in [9.17, 15) is 19.7 Å². The number of hydrogen-bond donors (Lipinski definition) is 1. The molecule has 0 aliphatic rings. The minimum Gasteiger partial charge on any atom is -0.480 e. The Balaban J connectivity index is 2.80. The third-order valence-electron chi connectivity index (χ3n) is 2.69. The third kappa shape index (κ3) is 4.87. The first-order chi connectivity index (χ1) is 9.85. The molecular formula is C14H18N2O5. The topological polar surface area (TPSA) is 98.5 Å². The van der Waals surface area contributed by atoms with Gasteiger partial charge < -0.3 is 10.1 Å². The highest BCUT2D eigenvalue weighted by Crippen LogP contribution is 2.23. The van der Waals surface area contributed by atoms with Gasteiger partial charge in [-0.15, -0.1) is 0 Å². The molecule has 0 saturated heterocycles. The highest BCUT2D eigenvalue weighted by atomic mass is 16.6. The van der Waals surface area contributed by atoms with E-state index in [0.29, 0.717) is 18.7 Å². The Hall–Kier alpha value is -2.44. The normalized spacial score (nSPS) is 11.8. The molecule has 0 aliphatic heterocycles. The fourth-order valence-corrected chi connectivity index (χ4v) is 1.54. The minimum absolute atomic E-state index is 0.0349. The lowest BCUT2D eigenvalue weighted by molar-refractivity contribution is -0.384. The number of amides is 1. The average molecular weight is 294 g/mol. The zero-order valence-corrected chi connectivity index (χ0v) is 12.2. The Morgan fingerprint density at radius 3 is 2.62 bits per heavy atom. The van der Waals surface area contributed by atoms with Gasteiger partial charge in [0.15, 0.2) is 12.4 Å². The van der Waals surface area contributed by atoms with Crippen molar-refractivity contribution in [2.24, 2.45) is 5.92 Å². The summed E-state index contributed by atoms with van der Waals surface area (Å²) >= 11 is 0. The Bertz CT molecular complexity index is 542. The van der Waals surface area contributed by atoms with Crippen LogP contribution >= 0.6 is 0 Å². The number of nitrogens with zero attached hydrogens (tertiary/aromatic N) is 1. The van der Waals surface area contributed by atoms with Crippen molar-refractivity contribution in [1.82, 2.24) is 5.32 Å². The van der Waals surface area contributed by atoms with Gasteiger partial charge in [-0.25, -0.2) is 0 Å². The molecule has 0 bridgehead atoms. The molecule has 1 amide bonds. The number of rotatable bonds is 7. The number of nitro benzene ring substituents is 1. The summed E-state index contributed by atoms with van der Waals surface area (Å²) in [4.78, 5) is 32.8. The van der Waals surface area contributed by atoms with Gasteiger partial charge in [0.05, 0.1) is 10.5 Å². The molecule has 1 aromatic rings. The second-order valence-electron chi connectivity index (χ2n) is 5.00. The maximum atomic E-state index is 11.8. The molecule has 0 radical (unpaired) electrons. The Morgan fingerprint density at radius 2 is 2.10 bits per heavy atom. The summed E-state index contributed by atoms with van der Waals surface area (Å²) in [5.74, 6) is 0.146. The fraction of sp³-hybridized carbons (Fsp3) is 0.429. The van der Waals surface area contributed by atoms with Crippen LogP contribution in [0.4, 0.5) is 5.69 Å². The smallest absolute Gasteiger partial charge is 0.270 e. The largest absolute Gasteiger partial charge is 0.480 e. The summed E-state index contributed by atoms with van der Waals surface area (Å²) in [6.45, 7) is 6.00. The Labute approximate surface area is 122 Å².